The monoisotopic (exact) mass is 449 g/mol. The fourth-order valence-corrected chi connectivity index (χ4v) is 4.66. The number of nitrogens with one attached hydrogen (secondary N) is 3. The largest absolute Gasteiger partial charge is 0.338 e. The quantitative estimate of drug-likeness (QED) is 0.491. The highest BCUT2D eigenvalue weighted by Crippen LogP contribution is 2.29. The van der Waals surface area contributed by atoms with Crippen LogP contribution in [-0.4, -0.2) is 34.9 Å². The molecule has 0 aliphatic carbocycles. The number of aromatic nitrogens is 1. The van der Waals surface area contributed by atoms with Gasteiger partial charge in [0.2, 0.25) is 5.91 Å². The van der Waals surface area contributed by atoms with Gasteiger partial charge in [0, 0.05) is 50.4 Å². The number of rotatable bonds is 8. The van der Waals surface area contributed by atoms with Crippen molar-refractivity contribution in [2.75, 3.05) is 18.4 Å². The molecule has 0 saturated heterocycles. The van der Waals surface area contributed by atoms with Crippen molar-refractivity contribution < 1.29 is 9.59 Å². The van der Waals surface area contributed by atoms with Crippen LogP contribution < -0.4 is 16.0 Å². The van der Waals surface area contributed by atoms with Crippen molar-refractivity contribution >= 4 is 28.4 Å². The Kier molecular flexibility index (Phi) is 7.47. The third-order valence-corrected chi connectivity index (χ3v) is 6.24. The normalized spacial score (nSPS) is 13.2. The van der Waals surface area contributed by atoms with Gasteiger partial charge in [0.15, 0.2) is 5.13 Å². The third kappa shape index (κ3) is 6.38. The van der Waals surface area contributed by atoms with E-state index in [0.717, 1.165) is 37.3 Å². The molecule has 7 nitrogen and oxygen atoms in total. The number of nitrogens with zero attached hydrogens (tertiary/aromatic N) is 2. The first kappa shape index (κ1) is 22.0. The van der Waals surface area contributed by atoms with Crippen LogP contribution in [0.4, 0.5) is 9.93 Å². The molecule has 3 N–H and O–H groups in total. The zero-order valence-corrected chi connectivity index (χ0v) is 18.7. The first-order valence-electron chi connectivity index (χ1n) is 10.8. The van der Waals surface area contributed by atoms with Gasteiger partial charge in [0.05, 0.1) is 5.69 Å². The first-order chi connectivity index (χ1) is 15.7. The number of anilines is 1. The maximum absolute atomic E-state index is 12.3. The van der Waals surface area contributed by atoms with Crippen molar-refractivity contribution in [1.82, 2.24) is 20.5 Å². The SMILES string of the molecule is O=C(CCNC(=O)NCc1ccccc1)Nc1nc2c(s1)CN(Cc1ccccc1)CC2. The lowest BCUT2D eigenvalue weighted by Crippen LogP contribution is -2.36. The van der Waals surface area contributed by atoms with Crippen molar-refractivity contribution in [3.05, 3.63) is 82.4 Å². The lowest BCUT2D eigenvalue weighted by Gasteiger charge is -2.25. The Labute approximate surface area is 191 Å². The molecular formula is C24H27N5O2S. The molecule has 0 spiro atoms. The van der Waals surface area contributed by atoms with E-state index >= 15 is 0 Å². The van der Waals surface area contributed by atoms with Crippen LogP contribution in [0.15, 0.2) is 60.7 Å². The van der Waals surface area contributed by atoms with E-state index in [0.29, 0.717) is 11.7 Å². The van der Waals surface area contributed by atoms with Gasteiger partial charge in [0.1, 0.15) is 0 Å². The number of urea groups is 1. The summed E-state index contributed by atoms with van der Waals surface area (Å²) < 4.78 is 0. The second-order valence-electron chi connectivity index (χ2n) is 7.73. The molecule has 0 bridgehead atoms. The fourth-order valence-electron chi connectivity index (χ4n) is 3.59. The summed E-state index contributed by atoms with van der Waals surface area (Å²) in [7, 11) is 0. The fraction of sp³-hybridized carbons (Fsp3) is 0.292. The van der Waals surface area contributed by atoms with E-state index in [-0.39, 0.29) is 24.9 Å². The van der Waals surface area contributed by atoms with Crippen molar-refractivity contribution in [2.24, 2.45) is 0 Å². The predicted octanol–water partition coefficient (Wildman–Crippen LogP) is 3.53. The van der Waals surface area contributed by atoms with Crippen LogP contribution in [0, 0.1) is 0 Å². The highest BCUT2D eigenvalue weighted by molar-refractivity contribution is 7.15. The van der Waals surface area contributed by atoms with Gasteiger partial charge < -0.3 is 16.0 Å². The number of benzene rings is 2. The Balaban J connectivity index is 1.18. The summed E-state index contributed by atoms with van der Waals surface area (Å²) in [6.45, 7) is 3.44. The number of amides is 3. The van der Waals surface area contributed by atoms with Crippen LogP contribution in [0.5, 0.6) is 0 Å². The maximum atomic E-state index is 12.3. The van der Waals surface area contributed by atoms with Gasteiger partial charge in [-0.2, -0.15) is 0 Å². The summed E-state index contributed by atoms with van der Waals surface area (Å²) in [5.41, 5.74) is 3.40. The maximum Gasteiger partial charge on any atom is 0.315 e. The van der Waals surface area contributed by atoms with E-state index in [2.05, 4.69) is 50.1 Å². The summed E-state index contributed by atoms with van der Waals surface area (Å²) in [4.78, 5) is 32.4. The summed E-state index contributed by atoms with van der Waals surface area (Å²) in [6.07, 6.45) is 1.08. The highest BCUT2D eigenvalue weighted by Gasteiger charge is 2.21. The Morgan fingerprint density at radius 2 is 1.69 bits per heavy atom. The van der Waals surface area contributed by atoms with Gasteiger partial charge in [-0.25, -0.2) is 9.78 Å². The second-order valence-corrected chi connectivity index (χ2v) is 8.81. The van der Waals surface area contributed by atoms with Gasteiger partial charge in [-0.1, -0.05) is 60.7 Å². The van der Waals surface area contributed by atoms with E-state index in [4.69, 9.17) is 0 Å². The molecule has 8 heteroatoms. The molecule has 166 valence electrons. The topological polar surface area (TPSA) is 86.4 Å². The van der Waals surface area contributed by atoms with E-state index in [1.165, 1.54) is 21.8 Å². The molecular weight excluding hydrogens is 422 g/mol. The second kappa shape index (κ2) is 10.9. The molecule has 1 aromatic heterocycles. The molecule has 3 amide bonds. The number of carbonyl (C=O) groups is 2. The smallest absolute Gasteiger partial charge is 0.315 e. The van der Waals surface area contributed by atoms with Crippen LogP contribution in [0.3, 0.4) is 0 Å². The lowest BCUT2D eigenvalue weighted by molar-refractivity contribution is -0.116. The Bertz CT molecular complexity index is 1040. The molecule has 0 atom stereocenters. The van der Waals surface area contributed by atoms with Crippen LogP contribution in [-0.2, 0) is 30.8 Å². The number of thiazole rings is 1. The van der Waals surface area contributed by atoms with E-state index < -0.39 is 0 Å². The summed E-state index contributed by atoms with van der Waals surface area (Å²) in [6, 6.07) is 19.8. The lowest BCUT2D eigenvalue weighted by atomic mass is 10.1. The van der Waals surface area contributed by atoms with Crippen molar-refractivity contribution in [3.8, 4) is 0 Å². The van der Waals surface area contributed by atoms with Crippen molar-refractivity contribution in [3.63, 3.8) is 0 Å². The number of hydrogen-bond acceptors (Lipinski definition) is 5. The van der Waals surface area contributed by atoms with Gasteiger partial charge >= 0.3 is 6.03 Å². The molecule has 4 rings (SSSR count). The molecule has 0 fully saturated rings. The minimum absolute atomic E-state index is 0.152. The first-order valence-corrected chi connectivity index (χ1v) is 11.6. The van der Waals surface area contributed by atoms with Crippen LogP contribution in [0.1, 0.15) is 28.1 Å². The molecule has 1 aliphatic rings. The molecule has 1 aliphatic heterocycles. The van der Waals surface area contributed by atoms with E-state index in [1.807, 2.05) is 36.4 Å². The van der Waals surface area contributed by atoms with E-state index in [1.54, 1.807) is 0 Å². The Morgan fingerprint density at radius 3 is 2.44 bits per heavy atom. The average Bonchev–Trinajstić information content (AvgIpc) is 3.20. The van der Waals surface area contributed by atoms with Crippen LogP contribution >= 0.6 is 11.3 Å². The number of fused-ring (bicyclic) bond motifs is 1. The minimum Gasteiger partial charge on any atom is -0.338 e. The van der Waals surface area contributed by atoms with Gasteiger partial charge in [-0.05, 0) is 11.1 Å². The average molecular weight is 450 g/mol. The number of carbonyl (C=O) groups excluding carboxylic acids is 2. The molecule has 2 aromatic carbocycles. The van der Waals surface area contributed by atoms with Crippen LogP contribution in [0.25, 0.3) is 0 Å². The Morgan fingerprint density at radius 1 is 0.969 bits per heavy atom. The summed E-state index contributed by atoms with van der Waals surface area (Å²) in [5.74, 6) is -0.152. The third-order valence-electron chi connectivity index (χ3n) is 5.24. The molecule has 0 radical (unpaired) electrons. The van der Waals surface area contributed by atoms with Gasteiger partial charge in [-0.3, -0.25) is 9.69 Å². The standard InChI is InChI=1S/C24H27N5O2S/c30-22(11-13-25-23(31)26-15-18-7-3-1-4-8-18)28-24-27-20-12-14-29(17-21(20)32-24)16-19-9-5-2-6-10-19/h1-10H,11-17H2,(H2,25,26,31)(H,27,28,30). The molecule has 32 heavy (non-hydrogen) atoms. The Hall–Kier alpha value is -3.23. The van der Waals surface area contributed by atoms with Gasteiger partial charge in [0.25, 0.3) is 0 Å². The van der Waals surface area contributed by atoms with Crippen LogP contribution in [0.2, 0.25) is 0 Å². The van der Waals surface area contributed by atoms with Gasteiger partial charge in [-0.15, -0.1) is 11.3 Å². The summed E-state index contributed by atoms with van der Waals surface area (Å²) in [5, 5.41) is 9.00. The number of hydrogen-bond donors (Lipinski definition) is 3. The molecule has 3 aromatic rings. The molecule has 0 unspecified atom stereocenters. The van der Waals surface area contributed by atoms with Crippen molar-refractivity contribution in [2.45, 2.75) is 32.5 Å². The van der Waals surface area contributed by atoms with E-state index in [9.17, 15) is 9.59 Å². The summed E-state index contributed by atoms with van der Waals surface area (Å²) >= 11 is 1.54. The highest BCUT2D eigenvalue weighted by atomic mass is 32.1. The zero-order chi connectivity index (χ0) is 22.2. The molecule has 2 heterocycles. The minimum atomic E-state index is -0.287. The predicted molar refractivity (Wildman–Crippen MR) is 126 cm³/mol. The zero-order valence-electron chi connectivity index (χ0n) is 17.8. The molecule has 0 saturated carbocycles. The van der Waals surface area contributed by atoms with Crippen molar-refractivity contribution in [1.29, 1.82) is 0 Å².